The van der Waals surface area contributed by atoms with Gasteiger partial charge in [-0.25, -0.2) is 0 Å². The Bertz CT molecular complexity index is 771. The van der Waals surface area contributed by atoms with Crippen molar-refractivity contribution in [1.29, 1.82) is 0 Å². The maximum Gasteiger partial charge on any atom is 0.124 e. The number of fused-ring (bicyclic) bond motifs is 1. The topological polar surface area (TPSA) is 55.5 Å². The number of nitrogen functional groups attached to an aromatic ring is 1. The molecule has 23 heavy (non-hydrogen) atoms. The highest BCUT2D eigenvalue weighted by molar-refractivity contribution is 9.10. The Labute approximate surface area is 144 Å². The van der Waals surface area contributed by atoms with Gasteiger partial charge in [-0.05, 0) is 72.1 Å². The van der Waals surface area contributed by atoms with Gasteiger partial charge in [-0.3, -0.25) is 0 Å². The van der Waals surface area contributed by atoms with Crippen LogP contribution in [0.25, 0.3) is 10.8 Å². The van der Waals surface area contributed by atoms with E-state index in [1.165, 1.54) is 0 Å². The molecule has 0 aromatic heterocycles. The minimum Gasteiger partial charge on any atom is -0.508 e. The van der Waals surface area contributed by atoms with Crippen LogP contribution in [0.2, 0.25) is 0 Å². The first kappa shape index (κ1) is 17.2. The zero-order valence-electron chi connectivity index (χ0n) is 13.4. The van der Waals surface area contributed by atoms with Crippen LogP contribution >= 0.6 is 15.9 Å². The second-order valence-corrected chi connectivity index (χ2v) is 6.28. The third-order valence-corrected chi connectivity index (χ3v) is 3.97. The van der Waals surface area contributed by atoms with E-state index < -0.39 is 0 Å². The van der Waals surface area contributed by atoms with Crippen LogP contribution in [0.5, 0.6) is 11.5 Å². The molecule has 0 fully saturated rings. The normalized spacial score (nSPS) is 10.1. The maximum absolute atomic E-state index is 9.21. The summed E-state index contributed by atoms with van der Waals surface area (Å²) in [4.78, 5) is 0. The number of anilines is 1. The van der Waals surface area contributed by atoms with Gasteiger partial charge in [0.15, 0.2) is 0 Å². The van der Waals surface area contributed by atoms with Crippen LogP contribution < -0.4 is 10.5 Å². The monoisotopic (exact) mass is 373 g/mol. The lowest BCUT2D eigenvalue weighted by atomic mass is 10.1. The number of phenolic OH excluding ortho intramolecular Hbond substituents is 1. The Balaban J connectivity index is 0.000000168. The van der Waals surface area contributed by atoms with Crippen molar-refractivity contribution < 1.29 is 9.84 Å². The van der Waals surface area contributed by atoms with E-state index in [-0.39, 0.29) is 0 Å². The van der Waals surface area contributed by atoms with E-state index in [4.69, 9.17) is 10.5 Å². The van der Waals surface area contributed by atoms with Crippen molar-refractivity contribution >= 4 is 32.4 Å². The van der Waals surface area contributed by atoms with Crippen LogP contribution in [0.15, 0.2) is 53.0 Å². The SMILES string of the molecule is COc1c(C)cc(N)cc1C.Oc1ccc2ccc(Br)cc2c1. The first-order valence-electron chi connectivity index (χ1n) is 7.19. The fraction of sp³-hybridized carbons (Fsp3) is 0.158. The molecule has 0 aliphatic heterocycles. The van der Waals surface area contributed by atoms with E-state index in [1.54, 1.807) is 19.2 Å². The van der Waals surface area contributed by atoms with Crippen molar-refractivity contribution in [3.63, 3.8) is 0 Å². The molecule has 3 N–H and O–H groups in total. The number of benzene rings is 3. The average Bonchev–Trinajstić information content (AvgIpc) is 2.46. The van der Waals surface area contributed by atoms with Crippen LogP contribution in [-0.2, 0) is 0 Å². The van der Waals surface area contributed by atoms with Crippen molar-refractivity contribution in [3.8, 4) is 11.5 Å². The fourth-order valence-corrected chi connectivity index (χ4v) is 2.89. The predicted octanol–water partition coefficient (Wildman–Crippen LogP) is 5.20. The number of phenols is 1. The van der Waals surface area contributed by atoms with Crippen LogP contribution in [0.4, 0.5) is 5.69 Å². The highest BCUT2D eigenvalue weighted by Gasteiger charge is 2.02. The van der Waals surface area contributed by atoms with Gasteiger partial charge < -0.3 is 15.6 Å². The van der Waals surface area contributed by atoms with Gasteiger partial charge in [-0.1, -0.05) is 28.1 Å². The van der Waals surface area contributed by atoms with Crippen LogP contribution in [0.1, 0.15) is 11.1 Å². The quantitative estimate of drug-likeness (QED) is 0.576. The summed E-state index contributed by atoms with van der Waals surface area (Å²) in [5.41, 5.74) is 8.60. The third kappa shape index (κ3) is 4.39. The Hall–Kier alpha value is -2.20. The second kappa shape index (κ2) is 7.38. The van der Waals surface area contributed by atoms with Gasteiger partial charge >= 0.3 is 0 Å². The number of aromatic hydroxyl groups is 1. The molecule has 120 valence electrons. The van der Waals surface area contributed by atoms with Gasteiger partial charge in [0.05, 0.1) is 7.11 Å². The summed E-state index contributed by atoms with van der Waals surface area (Å²) < 4.78 is 6.20. The van der Waals surface area contributed by atoms with Crippen LogP contribution in [0, 0.1) is 13.8 Å². The standard InChI is InChI=1S/C10H7BrO.C9H13NO/c11-9-3-1-7-2-4-10(12)6-8(7)5-9;1-6-4-8(10)5-7(2)9(6)11-3/h1-6,12H;4-5H,10H2,1-3H3. The first-order chi connectivity index (χ1) is 10.9. The molecule has 0 radical (unpaired) electrons. The summed E-state index contributed by atoms with van der Waals surface area (Å²) in [5, 5.41) is 11.4. The molecule has 3 nitrogen and oxygen atoms in total. The number of hydrogen-bond donors (Lipinski definition) is 2. The van der Waals surface area contributed by atoms with Crippen molar-refractivity contribution in [2.45, 2.75) is 13.8 Å². The van der Waals surface area contributed by atoms with E-state index in [9.17, 15) is 5.11 Å². The molecule has 0 aliphatic rings. The smallest absolute Gasteiger partial charge is 0.124 e. The second-order valence-electron chi connectivity index (χ2n) is 5.36. The summed E-state index contributed by atoms with van der Waals surface area (Å²) in [6.07, 6.45) is 0. The van der Waals surface area contributed by atoms with Crippen molar-refractivity contribution in [2.75, 3.05) is 12.8 Å². The Morgan fingerprint density at radius 3 is 2.13 bits per heavy atom. The highest BCUT2D eigenvalue weighted by Crippen LogP contribution is 2.25. The van der Waals surface area contributed by atoms with Gasteiger partial charge in [0, 0.05) is 10.2 Å². The number of halogens is 1. The van der Waals surface area contributed by atoms with Gasteiger partial charge in [0.25, 0.3) is 0 Å². The van der Waals surface area contributed by atoms with Crippen molar-refractivity contribution in [1.82, 2.24) is 0 Å². The molecule has 4 heteroatoms. The van der Waals surface area contributed by atoms with Crippen molar-refractivity contribution in [2.24, 2.45) is 0 Å². The zero-order chi connectivity index (χ0) is 17.0. The predicted molar refractivity (Wildman–Crippen MR) is 100 cm³/mol. The summed E-state index contributed by atoms with van der Waals surface area (Å²) in [6, 6.07) is 15.1. The number of rotatable bonds is 1. The number of ether oxygens (including phenoxy) is 1. The fourth-order valence-electron chi connectivity index (χ4n) is 2.51. The summed E-state index contributed by atoms with van der Waals surface area (Å²) >= 11 is 3.38. The van der Waals surface area contributed by atoms with Gasteiger partial charge in [0.2, 0.25) is 0 Å². The molecule has 0 bridgehead atoms. The lowest BCUT2D eigenvalue weighted by Crippen LogP contribution is -1.93. The van der Waals surface area contributed by atoms with E-state index in [0.717, 1.165) is 37.8 Å². The average molecular weight is 374 g/mol. The number of nitrogens with two attached hydrogens (primary N) is 1. The van der Waals surface area contributed by atoms with Gasteiger partial charge in [-0.2, -0.15) is 0 Å². The molecule has 3 aromatic carbocycles. The molecule has 0 aliphatic carbocycles. The van der Waals surface area contributed by atoms with Crippen LogP contribution in [-0.4, -0.2) is 12.2 Å². The molecule has 0 atom stereocenters. The summed E-state index contributed by atoms with van der Waals surface area (Å²) in [6.45, 7) is 3.98. The third-order valence-electron chi connectivity index (χ3n) is 3.47. The molecule has 0 unspecified atom stereocenters. The first-order valence-corrected chi connectivity index (χ1v) is 7.99. The van der Waals surface area contributed by atoms with Gasteiger partial charge in [0.1, 0.15) is 11.5 Å². The molecule has 3 aromatic rings. The number of hydrogen-bond acceptors (Lipinski definition) is 3. The molecule has 3 rings (SSSR count). The molecular weight excluding hydrogens is 354 g/mol. The summed E-state index contributed by atoms with van der Waals surface area (Å²) in [5.74, 6) is 1.24. The van der Waals surface area contributed by atoms with E-state index in [0.29, 0.717) is 5.75 Å². The molecular formula is C19H20BrNO2. The van der Waals surface area contributed by atoms with E-state index >= 15 is 0 Å². The van der Waals surface area contributed by atoms with Crippen molar-refractivity contribution in [3.05, 3.63) is 64.1 Å². The minimum absolute atomic E-state index is 0.306. The Morgan fingerprint density at radius 2 is 1.52 bits per heavy atom. The number of aryl methyl sites for hydroxylation is 2. The minimum atomic E-state index is 0.306. The summed E-state index contributed by atoms with van der Waals surface area (Å²) in [7, 11) is 1.67. The lowest BCUT2D eigenvalue weighted by Gasteiger charge is -2.08. The van der Waals surface area contributed by atoms with E-state index in [1.807, 2.05) is 50.2 Å². The zero-order valence-corrected chi connectivity index (χ0v) is 15.0. The van der Waals surface area contributed by atoms with E-state index in [2.05, 4.69) is 15.9 Å². The molecule has 0 spiro atoms. The highest BCUT2D eigenvalue weighted by atomic mass is 79.9. The largest absolute Gasteiger partial charge is 0.508 e. The maximum atomic E-state index is 9.21. The molecule has 0 heterocycles. The molecule has 0 saturated carbocycles. The molecule has 0 saturated heterocycles. The Morgan fingerprint density at radius 1 is 0.913 bits per heavy atom. The van der Waals surface area contributed by atoms with Gasteiger partial charge in [-0.15, -0.1) is 0 Å². The molecule has 0 amide bonds. The van der Waals surface area contributed by atoms with Crippen LogP contribution in [0.3, 0.4) is 0 Å². The number of methoxy groups -OCH3 is 1. The lowest BCUT2D eigenvalue weighted by molar-refractivity contribution is 0.408. The Kier molecular flexibility index (Phi) is 5.50.